The zero-order chi connectivity index (χ0) is 19.1. The van der Waals surface area contributed by atoms with E-state index in [0.29, 0.717) is 17.9 Å². The van der Waals surface area contributed by atoms with Crippen molar-refractivity contribution in [3.63, 3.8) is 0 Å². The van der Waals surface area contributed by atoms with Gasteiger partial charge in [-0.3, -0.25) is 9.69 Å². The number of amides is 1. The van der Waals surface area contributed by atoms with Gasteiger partial charge in [0.2, 0.25) is 0 Å². The van der Waals surface area contributed by atoms with Gasteiger partial charge in [-0.2, -0.15) is 0 Å². The molecule has 0 bridgehead atoms. The number of methoxy groups -OCH3 is 1. The van der Waals surface area contributed by atoms with E-state index >= 15 is 0 Å². The molecule has 0 spiro atoms. The molecule has 1 unspecified atom stereocenters. The average Bonchev–Trinajstić information content (AvgIpc) is 2.66. The Morgan fingerprint density at radius 3 is 2.50 bits per heavy atom. The first-order valence-corrected chi connectivity index (χ1v) is 9.30. The van der Waals surface area contributed by atoms with Crippen LogP contribution in [0.2, 0.25) is 5.02 Å². The fourth-order valence-corrected chi connectivity index (χ4v) is 3.36. The van der Waals surface area contributed by atoms with Crippen molar-refractivity contribution in [3.05, 3.63) is 64.2 Å². The summed E-state index contributed by atoms with van der Waals surface area (Å²) in [6, 6.07) is 13.3. The van der Waals surface area contributed by atoms with Crippen LogP contribution >= 0.6 is 11.6 Å². The summed E-state index contributed by atoms with van der Waals surface area (Å²) in [4.78, 5) is 14.9. The van der Waals surface area contributed by atoms with E-state index in [0.717, 1.165) is 29.2 Å². The van der Waals surface area contributed by atoms with E-state index in [1.807, 2.05) is 43.3 Å². The second kappa shape index (κ2) is 9.60. The van der Waals surface area contributed by atoms with E-state index in [-0.39, 0.29) is 11.9 Å². The molecule has 0 aliphatic carbocycles. The van der Waals surface area contributed by atoms with Crippen LogP contribution in [-0.4, -0.2) is 37.6 Å². The third-order valence-electron chi connectivity index (χ3n) is 4.64. The maximum Gasteiger partial charge on any atom is 0.251 e. The Bertz CT molecular complexity index is 745. The predicted octanol–water partition coefficient (Wildman–Crippen LogP) is 4.47. The van der Waals surface area contributed by atoms with Crippen molar-refractivity contribution in [2.24, 2.45) is 0 Å². The maximum absolute atomic E-state index is 12.6. The Hall–Kier alpha value is -2.04. The summed E-state index contributed by atoms with van der Waals surface area (Å²) in [5.41, 5.74) is 2.62. The van der Waals surface area contributed by atoms with E-state index < -0.39 is 0 Å². The predicted molar refractivity (Wildman–Crippen MR) is 107 cm³/mol. The lowest BCUT2D eigenvalue weighted by atomic mass is 10.0. The van der Waals surface area contributed by atoms with Gasteiger partial charge in [-0.15, -0.1) is 0 Å². The molecule has 0 heterocycles. The maximum atomic E-state index is 12.6. The summed E-state index contributed by atoms with van der Waals surface area (Å²) in [6.45, 7) is 8.41. The van der Waals surface area contributed by atoms with Gasteiger partial charge >= 0.3 is 0 Å². The quantitative estimate of drug-likeness (QED) is 0.741. The third kappa shape index (κ3) is 4.77. The van der Waals surface area contributed by atoms with Gasteiger partial charge in [-0.1, -0.05) is 49.7 Å². The van der Waals surface area contributed by atoms with Crippen LogP contribution in [-0.2, 0) is 0 Å². The SMILES string of the molecule is CCN(CC)C(CNC(=O)c1ccc(C)c(OC)c1)c1ccccc1Cl. The minimum Gasteiger partial charge on any atom is -0.496 e. The monoisotopic (exact) mass is 374 g/mol. The molecule has 1 atom stereocenters. The van der Waals surface area contributed by atoms with Crippen LogP contribution in [0.1, 0.15) is 41.4 Å². The summed E-state index contributed by atoms with van der Waals surface area (Å²) < 4.78 is 5.31. The molecule has 0 saturated heterocycles. The van der Waals surface area contributed by atoms with Crippen molar-refractivity contribution >= 4 is 17.5 Å². The zero-order valence-corrected chi connectivity index (χ0v) is 16.6. The lowest BCUT2D eigenvalue weighted by Crippen LogP contribution is -2.38. The molecule has 0 aromatic heterocycles. The number of halogens is 1. The molecule has 2 aromatic rings. The molecule has 0 aliphatic heterocycles. The molecule has 0 fully saturated rings. The third-order valence-corrected chi connectivity index (χ3v) is 4.99. The Morgan fingerprint density at radius 2 is 1.88 bits per heavy atom. The molecular formula is C21H27ClN2O2. The number of ether oxygens (including phenoxy) is 1. The largest absolute Gasteiger partial charge is 0.496 e. The van der Waals surface area contributed by atoms with Crippen LogP contribution < -0.4 is 10.1 Å². The highest BCUT2D eigenvalue weighted by Gasteiger charge is 2.21. The molecule has 0 aliphatic rings. The second-order valence-electron chi connectivity index (χ2n) is 6.15. The van der Waals surface area contributed by atoms with Crippen molar-refractivity contribution < 1.29 is 9.53 Å². The van der Waals surface area contributed by atoms with Gasteiger partial charge in [-0.05, 0) is 49.3 Å². The van der Waals surface area contributed by atoms with E-state index in [9.17, 15) is 4.79 Å². The molecule has 1 N–H and O–H groups in total. The van der Waals surface area contributed by atoms with Gasteiger partial charge in [-0.25, -0.2) is 0 Å². The molecule has 2 aromatic carbocycles. The second-order valence-corrected chi connectivity index (χ2v) is 6.56. The van der Waals surface area contributed by atoms with Crippen LogP contribution in [0, 0.1) is 6.92 Å². The number of benzene rings is 2. The molecule has 4 nitrogen and oxygen atoms in total. The van der Waals surface area contributed by atoms with E-state index in [1.165, 1.54) is 0 Å². The summed E-state index contributed by atoms with van der Waals surface area (Å²) in [7, 11) is 1.61. The van der Waals surface area contributed by atoms with Crippen LogP contribution in [0.3, 0.4) is 0 Å². The molecule has 0 radical (unpaired) electrons. The molecular weight excluding hydrogens is 348 g/mol. The van der Waals surface area contributed by atoms with E-state index in [1.54, 1.807) is 13.2 Å². The number of hydrogen-bond acceptors (Lipinski definition) is 3. The molecule has 26 heavy (non-hydrogen) atoms. The lowest BCUT2D eigenvalue weighted by Gasteiger charge is -2.31. The van der Waals surface area contributed by atoms with Gasteiger partial charge in [0.25, 0.3) is 5.91 Å². The smallest absolute Gasteiger partial charge is 0.251 e. The van der Waals surface area contributed by atoms with Crippen LogP contribution in [0.25, 0.3) is 0 Å². The van der Waals surface area contributed by atoms with Gasteiger partial charge in [0.1, 0.15) is 5.75 Å². The van der Waals surface area contributed by atoms with Crippen molar-refractivity contribution in [1.29, 1.82) is 0 Å². The van der Waals surface area contributed by atoms with Crippen LogP contribution in [0.5, 0.6) is 5.75 Å². The number of hydrogen-bond donors (Lipinski definition) is 1. The minimum atomic E-state index is -0.118. The molecule has 140 valence electrons. The number of nitrogens with one attached hydrogen (secondary N) is 1. The number of likely N-dealkylation sites (N-methyl/N-ethyl adjacent to an activating group) is 1. The highest BCUT2D eigenvalue weighted by atomic mass is 35.5. The van der Waals surface area contributed by atoms with E-state index in [2.05, 4.69) is 24.1 Å². The number of nitrogens with zero attached hydrogens (tertiary/aromatic N) is 1. The van der Waals surface area contributed by atoms with Crippen molar-refractivity contribution in [2.75, 3.05) is 26.7 Å². The van der Waals surface area contributed by atoms with Crippen LogP contribution in [0.15, 0.2) is 42.5 Å². The molecule has 5 heteroatoms. The normalized spacial score (nSPS) is 12.1. The highest BCUT2D eigenvalue weighted by molar-refractivity contribution is 6.31. The summed E-state index contributed by atoms with van der Waals surface area (Å²) in [5.74, 6) is 0.594. The summed E-state index contributed by atoms with van der Waals surface area (Å²) in [5, 5.41) is 3.77. The Morgan fingerprint density at radius 1 is 1.19 bits per heavy atom. The van der Waals surface area contributed by atoms with Gasteiger partial charge in [0.05, 0.1) is 13.2 Å². The lowest BCUT2D eigenvalue weighted by molar-refractivity contribution is 0.0934. The highest BCUT2D eigenvalue weighted by Crippen LogP contribution is 2.27. The van der Waals surface area contributed by atoms with Gasteiger partial charge < -0.3 is 10.1 Å². The summed E-state index contributed by atoms with van der Waals surface area (Å²) >= 11 is 6.41. The fraction of sp³-hybridized carbons (Fsp3) is 0.381. The zero-order valence-electron chi connectivity index (χ0n) is 15.9. The number of aryl methyl sites for hydroxylation is 1. The Kier molecular flexibility index (Phi) is 7.49. The number of carbonyl (C=O) groups excluding carboxylic acids is 1. The van der Waals surface area contributed by atoms with Crippen LogP contribution in [0.4, 0.5) is 0 Å². The van der Waals surface area contributed by atoms with Gasteiger partial charge in [0.15, 0.2) is 0 Å². The first-order valence-electron chi connectivity index (χ1n) is 8.93. The molecule has 0 saturated carbocycles. The van der Waals surface area contributed by atoms with Gasteiger partial charge in [0, 0.05) is 17.1 Å². The van der Waals surface area contributed by atoms with Crippen molar-refractivity contribution in [3.8, 4) is 5.75 Å². The Balaban J connectivity index is 2.19. The first-order chi connectivity index (χ1) is 12.5. The fourth-order valence-electron chi connectivity index (χ4n) is 3.10. The van der Waals surface area contributed by atoms with Crippen molar-refractivity contribution in [2.45, 2.75) is 26.8 Å². The molecule has 2 rings (SSSR count). The average molecular weight is 375 g/mol. The van der Waals surface area contributed by atoms with E-state index in [4.69, 9.17) is 16.3 Å². The Labute approximate surface area is 161 Å². The number of rotatable bonds is 8. The first kappa shape index (κ1) is 20.3. The minimum absolute atomic E-state index is 0.0231. The topological polar surface area (TPSA) is 41.6 Å². The number of carbonyl (C=O) groups is 1. The van der Waals surface area contributed by atoms with Crippen molar-refractivity contribution in [1.82, 2.24) is 10.2 Å². The summed E-state index contributed by atoms with van der Waals surface area (Å²) in [6.07, 6.45) is 0. The standard InChI is InChI=1S/C21H27ClN2O2/c1-5-24(6-2)19(17-9-7-8-10-18(17)22)14-23-21(25)16-12-11-15(3)20(13-16)26-4/h7-13,19H,5-6,14H2,1-4H3,(H,23,25). The molecule has 1 amide bonds.